The molecule has 0 fully saturated rings. The maximum Gasteiger partial charge on any atom is 0.326 e. The number of phenols is 1. The summed E-state index contributed by atoms with van der Waals surface area (Å²) in [6.07, 6.45) is 0.903. The number of carboxylic acid groups (broad SMARTS) is 1. The SMILES string of the molecule is O=C(N[C@@H](Cc1ccc(-c2ccc(CNCCc3ccccc3O)cc2)cc1)C(=O)O)c1ccccc1Cl. The molecule has 0 aliphatic carbocycles. The third-order valence-electron chi connectivity index (χ3n) is 6.29. The van der Waals surface area contributed by atoms with Crippen LogP contribution >= 0.6 is 11.6 Å². The van der Waals surface area contributed by atoms with Crippen molar-refractivity contribution in [2.24, 2.45) is 0 Å². The van der Waals surface area contributed by atoms with Crippen LogP contribution in [0.25, 0.3) is 11.1 Å². The molecule has 0 heterocycles. The Morgan fingerprint density at radius 3 is 2.03 bits per heavy atom. The molecule has 0 unspecified atom stereocenters. The minimum atomic E-state index is -1.11. The van der Waals surface area contributed by atoms with Gasteiger partial charge < -0.3 is 20.8 Å². The molecule has 0 saturated heterocycles. The zero-order valence-electron chi connectivity index (χ0n) is 20.7. The van der Waals surface area contributed by atoms with E-state index in [1.165, 1.54) is 0 Å². The van der Waals surface area contributed by atoms with Crippen LogP contribution in [0, 0.1) is 0 Å². The molecule has 0 bridgehead atoms. The van der Waals surface area contributed by atoms with Crippen LogP contribution in [-0.4, -0.2) is 34.7 Å². The molecule has 0 aliphatic heterocycles. The molecule has 194 valence electrons. The third kappa shape index (κ3) is 7.22. The van der Waals surface area contributed by atoms with Crippen molar-refractivity contribution in [1.29, 1.82) is 0 Å². The van der Waals surface area contributed by atoms with E-state index in [1.54, 1.807) is 30.3 Å². The number of phenolic OH excluding ortho intramolecular Hbond substituents is 1. The fourth-order valence-electron chi connectivity index (χ4n) is 4.14. The van der Waals surface area contributed by atoms with E-state index < -0.39 is 17.9 Å². The number of hydrogen-bond acceptors (Lipinski definition) is 4. The highest BCUT2D eigenvalue weighted by atomic mass is 35.5. The van der Waals surface area contributed by atoms with Gasteiger partial charge in [0.2, 0.25) is 0 Å². The summed E-state index contributed by atoms with van der Waals surface area (Å²) in [7, 11) is 0. The number of hydrogen-bond donors (Lipinski definition) is 4. The molecule has 0 radical (unpaired) electrons. The van der Waals surface area contributed by atoms with E-state index in [2.05, 4.69) is 34.9 Å². The molecular weight excluding hydrogens is 500 g/mol. The van der Waals surface area contributed by atoms with Crippen molar-refractivity contribution in [3.63, 3.8) is 0 Å². The first-order valence-corrected chi connectivity index (χ1v) is 12.7. The molecule has 0 spiro atoms. The van der Waals surface area contributed by atoms with Gasteiger partial charge in [0.15, 0.2) is 0 Å². The largest absolute Gasteiger partial charge is 0.508 e. The van der Waals surface area contributed by atoms with Crippen LogP contribution in [0.4, 0.5) is 0 Å². The van der Waals surface area contributed by atoms with Crippen molar-refractivity contribution in [2.75, 3.05) is 6.54 Å². The Balaban J connectivity index is 1.31. The van der Waals surface area contributed by atoms with Crippen LogP contribution in [-0.2, 0) is 24.2 Å². The summed E-state index contributed by atoms with van der Waals surface area (Å²) in [5.41, 5.74) is 5.18. The number of carbonyl (C=O) groups is 2. The van der Waals surface area contributed by atoms with E-state index in [0.717, 1.165) is 47.3 Å². The number of rotatable bonds is 11. The molecule has 0 aromatic heterocycles. The molecular formula is C31H29ClN2O4. The second kappa shape index (κ2) is 12.9. The fourth-order valence-corrected chi connectivity index (χ4v) is 4.37. The van der Waals surface area contributed by atoms with E-state index in [4.69, 9.17) is 11.6 Å². The minimum Gasteiger partial charge on any atom is -0.508 e. The summed E-state index contributed by atoms with van der Waals surface area (Å²) in [6, 6.07) is 28.7. The van der Waals surface area contributed by atoms with Gasteiger partial charge in [0, 0.05) is 13.0 Å². The van der Waals surface area contributed by atoms with Gasteiger partial charge >= 0.3 is 5.97 Å². The van der Waals surface area contributed by atoms with Gasteiger partial charge in [0.25, 0.3) is 5.91 Å². The number of para-hydroxylation sites is 1. The highest BCUT2D eigenvalue weighted by Crippen LogP contribution is 2.22. The minimum absolute atomic E-state index is 0.150. The smallest absolute Gasteiger partial charge is 0.326 e. The molecule has 4 aromatic carbocycles. The lowest BCUT2D eigenvalue weighted by Crippen LogP contribution is -2.42. The number of halogens is 1. The van der Waals surface area contributed by atoms with Gasteiger partial charge in [0.05, 0.1) is 10.6 Å². The fraction of sp³-hybridized carbons (Fsp3) is 0.161. The lowest BCUT2D eigenvalue weighted by Gasteiger charge is -2.15. The van der Waals surface area contributed by atoms with Crippen LogP contribution in [0.3, 0.4) is 0 Å². The molecule has 1 amide bonds. The number of carboxylic acids is 1. The van der Waals surface area contributed by atoms with Gasteiger partial charge in [-0.1, -0.05) is 90.5 Å². The number of aromatic hydroxyl groups is 1. The van der Waals surface area contributed by atoms with Crippen LogP contribution in [0.2, 0.25) is 5.02 Å². The summed E-state index contributed by atoms with van der Waals surface area (Å²) >= 11 is 6.07. The molecule has 4 aromatic rings. The van der Waals surface area contributed by atoms with Gasteiger partial charge in [-0.2, -0.15) is 0 Å². The van der Waals surface area contributed by atoms with Gasteiger partial charge in [-0.15, -0.1) is 0 Å². The van der Waals surface area contributed by atoms with Crippen molar-refractivity contribution >= 4 is 23.5 Å². The van der Waals surface area contributed by atoms with E-state index in [9.17, 15) is 19.8 Å². The Morgan fingerprint density at radius 2 is 1.39 bits per heavy atom. The number of carbonyl (C=O) groups excluding carboxylic acids is 1. The van der Waals surface area contributed by atoms with Gasteiger partial charge in [0.1, 0.15) is 11.8 Å². The first kappa shape index (κ1) is 26.9. The standard InChI is InChI=1S/C31H29ClN2O4/c32-27-7-3-2-6-26(27)30(36)34-28(31(37)38)19-21-9-13-23(14-10-21)24-15-11-22(12-16-24)20-33-18-17-25-5-1-4-8-29(25)35/h1-16,28,33,35H,17-20H2,(H,34,36)(H,37,38)/t28-/m0/s1. The Morgan fingerprint density at radius 1 is 0.789 bits per heavy atom. The Labute approximate surface area is 226 Å². The molecule has 1 atom stereocenters. The van der Waals surface area contributed by atoms with E-state index in [0.29, 0.717) is 5.75 Å². The second-order valence-electron chi connectivity index (χ2n) is 9.00. The van der Waals surface area contributed by atoms with Gasteiger partial charge in [-0.3, -0.25) is 4.79 Å². The Kier molecular flexibility index (Phi) is 9.14. The molecule has 7 heteroatoms. The van der Waals surface area contributed by atoms with Crippen molar-refractivity contribution < 1.29 is 19.8 Å². The molecule has 0 aliphatic rings. The number of aliphatic carboxylic acids is 1. The zero-order chi connectivity index (χ0) is 26.9. The van der Waals surface area contributed by atoms with Crippen LogP contribution in [0.1, 0.15) is 27.0 Å². The van der Waals surface area contributed by atoms with Gasteiger partial charge in [-0.25, -0.2) is 4.79 Å². The highest BCUT2D eigenvalue weighted by molar-refractivity contribution is 6.33. The van der Waals surface area contributed by atoms with E-state index in [-0.39, 0.29) is 17.0 Å². The molecule has 4 rings (SSSR count). The number of benzene rings is 4. The quantitative estimate of drug-likeness (QED) is 0.193. The lowest BCUT2D eigenvalue weighted by molar-refractivity contribution is -0.139. The van der Waals surface area contributed by atoms with Crippen LogP contribution in [0.5, 0.6) is 5.75 Å². The predicted molar refractivity (Wildman–Crippen MR) is 149 cm³/mol. The Bertz CT molecular complexity index is 1390. The normalized spacial score (nSPS) is 11.6. The molecule has 6 nitrogen and oxygen atoms in total. The number of amides is 1. The Hall–Kier alpha value is -4.13. The summed E-state index contributed by atoms with van der Waals surface area (Å²) in [4.78, 5) is 24.3. The topological polar surface area (TPSA) is 98.7 Å². The summed E-state index contributed by atoms with van der Waals surface area (Å²) in [6.45, 7) is 1.49. The first-order chi connectivity index (χ1) is 18.4. The number of nitrogens with one attached hydrogen (secondary N) is 2. The maximum absolute atomic E-state index is 12.5. The summed E-state index contributed by atoms with van der Waals surface area (Å²) < 4.78 is 0. The molecule has 4 N–H and O–H groups in total. The third-order valence-corrected chi connectivity index (χ3v) is 6.62. The maximum atomic E-state index is 12.5. The van der Waals surface area contributed by atoms with Crippen LogP contribution in [0.15, 0.2) is 97.1 Å². The van der Waals surface area contributed by atoms with Crippen LogP contribution < -0.4 is 10.6 Å². The zero-order valence-corrected chi connectivity index (χ0v) is 21.5. The summed E-state index contributed by atoms with van der Waals surface area (Å²) in [5, 5.41) is 25.7. The molecule has 38 heavy (non-hydrogen) atoms. The lowest BCUT2D eigenvalue weighted by atomic mass is 9.99. The van der Waals surface area contributed by atoms with Crippen molar-refractivity contribution in [1.82, 2.24) is 10.6 Å². The predicted octanol–water partition coefficient (Wildman–Crippen LogP) is 5.47. The van der Waals surface area contributed by atoms with Gasteiger partial charge in [-0.05, 0) is 59.0 Å². The average molecular weight is 529 g/mol. The van der Waals surface area contributed by atoms with E-state index in [1.807, 2.05) is 42.5 Å². The second-order valence-corrected chi connectivity index (χ2v) is 9.40. The summed E-state index contributed by atoms with van der Waals surface area (Å²) in [5.74, 6) is -1.31. The molecule has 0 saturated carbocycles. The van der Waals surface area contributed by atoms with Crippen molar-refractivity contribution in [2.45, 2.75) is 25.4 Å². The highest BCUT2D eigenvalue weighted by Gasteiger charge is 2.22. The van der Waals surface area contributed by atoms with E-state index >= 15 is 0 Å². The first-order valence-electron chi connectivity index (χ1n) is 12.3. The average Bonchev–Trinajstić information content (AvgIpc) is 2.92. The van der Waals surface area contributed by atoms with Crippen molar-refractivity contribution in [3.05, 3.63) is 124 Å². The van der Waals surface area contributed by atoms with Crippen molar-refractivity contribution in [3.8, 4) is 16.9 Å². The monoisotopic (exact) mass is 528 g/mol.